The number of aliphatic hydroxyl groups excluding tert-OH is 1. The quantitative estimate of drug-likeness (QED) is 0.804. The molecule has 5 heteroatoms. The van der Waals surface area contributed by atoms with Gasteiger partial charge < -0.3 is 10.4 Å². The van der Waals surface area contributed by atoms with Gasteiger partial charge in [-0.1, -0.05) is 18.8 Å². The van der Waals surface area contributed by atoms with Crippen molar-refractivity contribution >= 4 is 16.7 Å². The first-order valence-electron chi connectivity index (χ1n) is 6.76. The number of nitrogens with one attached hydrogen (secondary N) is 1. The molecule has 4 nitrogen and oxygen atoms in total. The molecule has 0 fully saturated rings. The Morgan fingerprint density at radius 2 is 2.19 bits per heavy atom. The zero-order valence-corrected chi connectivity index (χ0v) is 13.4. The smallest absolute Gasteiger partial charge is 0.251 e. The average molecular weight is 307 g/mol. The summed E-state index contributed by atoms with van der Waals surface area (Å²) in [5.41, 5.74) is 2.27. The predicted octanol–water partition coefficient (Wildman–Crippen LogP) is 1.23. The maximum absolute atomic E-state index is 12.0. The Morgan fingerprint density at radius 1 is 1.48 bits per heavy atom. The van der Waals surface area contributed by atoms with Crippen LogP contribution in [0.4, 0.5) is 0 Å². The van der Waals surface area contributed by atoms with Crippen molar-refractivity contribution in [2.45, 2.75) is 25.5 Å². The summed E-state index contributed by atoms with van der Waals surface area (Å²) < 4.78 is 11.2. The summed E-state index contributed by atoms with van der Waals surface area (Å²) in [4.78, 5) is 12.0. The van der Waals surface area contributed by atoms with E-state index in [4.69, 9.17) is 5.11 Å². The van der Waals surface area contributed by atoms with Gasteiger partial charge in [0.15, 0.2) is 0 Å². The molecule has 0 aliphatic rings. The number of carbonyl (C=O) groups excluding carboxylic acids is 1. The lowest BCUT2D eigenvalue weighted by Crippen LogP contribution is -2.27. The zero-order valence-electron chi connectivity index (χ0n) is 12.6. The molecular formula is C16H21NO3S. The third kappa shape index (κ3) is 5.70. The van der Waals surface area contributed by atoms with Crippen molar-refractivity contribution in [1.82, 2.24) is 5.32 Å². The van der Waals surface area contributed by atoms with Crippen LogP contribution in [-0.2, 0) is 10.8 Å². The Morgan fingerprint density at radius 3 is 2.76 bits per heavy atom. The number of carbonyl (C=O) groups is 1. The van der Waals surface area contributed by atoms with E-state index >= 15 is 0 Å². The number of amides is 1. The maximum atomic E-state index is 12.0. The van der Waals surface area contributed by atoms with Crippen LogP contribution in [0.25, 0.3) is 0 Å². The van der Waals surface area contributed by atoms with Gasteiger partial charge in [0.25, 0.3) is 5.91 Å². The lowest BCUT2D eigenvalue weighted by molar-refractivity contribution is 0.0953. The molecule has 0 radical (unpaired) electrons. The van der Waals surface area contributed by atoms with Crippen LogP contribution in [0.15, 0.2) is 18.2 Å². The highest BCUT2D eigenvalue weighted by molar-refractivity contribution is 7.84. The lowest BCUT2D eigenvalue weighted by Gasteiger charge is -2.10. The third-order valence-electron chi connectivity index (χ3n) is 3.19. The first kappa shape index (κ1) is 17.4. The van der Waals surface area contributed by atoms with Crippen LogP contribution in [0, 0.1) is 18.8 Å². The zero-order chi connectivity index (χ0) is 15.8. The normalized spacial score (nSPS) is 13.0. The van der Waals surface area contributed by atoms with E-state index in [1.54, 1.807) is 24.5 Å². The van der Waals surface area contributed by atoms with Gasteiger partial charge in [-0.05, 0) is 37.1 Å². The standard InChI is InChI=1S/C16H21NO3S/c1-12-11-15(7-6-14(12)5-4-10-18)16(19)17-9-8-13(2)21(3)20/h6-7,11,13,18H,8-10H2,1-3H3,(H,17,19). The first-order valence-corrected chi connectivity index (χ1v) is 8.38. The van der Waals surface area contributed by atoms with Gasteiger partial charge in [0.05, 0.1) is 0 Å². The predicted molar refractivity (Wildman–Crippen MR) is 85.6 cm³/mol. The fourth-order valence-electron chi connectivity index (χ4n) is 1.74. The number of hydrogen-bond acceptors (Lipinski definition) is 3. The molecule has 2 N–H and O–H groups in total. The topological polar surface area (TPSA) is 66.4 Å². The molecule has 1 aromatic carbocycles. The van der Waals surface area contributed by atoms with Crippen LogP contribution in [0.2, 0.25) is 0 Å². The van der Waals surface area contributed by atoms with E-state index < -0.39 is 10.8 Å². The fraction of sp³-hybridized carbons (Fsp3) is 0.438. The maximum Gasteiger partial charge on any atom is 0.251 e. The van der Waals surface area contributed by atoms with Crippen molar-refractivity contribution in [1.29, 1.82) is 0 Å². The van der Waals surface area contributed by atoms with Gasteiger partial charge in [-0.2, -0.15) is 0 Å². The van der Waals surface area contributed by atoms with Gasteiger partial charge in [0.1, 0.15) is 6.61 Å². The highest BCUT2D eigenvalue weighted by Crippen LogP contribution is 2.10. The molecular weight excluding hydrogens is 286 g/mol. The molecule has 1 rings (SSSR count). The Hall–Kier alpha value is -1.64. The molecule has 1 aromatic rings. The van der Waals surface area contributed by atoms with Crippen LogP contribution in [0.1, 0.15) is 34.8 Å². The summed E-state index contributed by atoms with van der Waals surface area (Å²) in [6.07, 6.45) is 2.36. The Bertz CT molecular complexity index is 587. The minimum absolute atomic E-state index is 0.0724. The number of hydrogen-bond donors (Lipinski definition) is 2. The molecule has 0 saturated carbocycles. The monoisotopic (exact) mass is 307 g/mol. The number of aliphatic hydroxyl groups is 1. The number of aryl methyl sites for hydroxylation is 1. The Kier molecular flexibility index (Phi) is 7.13. The third-order valence-corrected chi connectivity index (χ3v) is 4.56. The summed E-state index contributed by atoms with van der Waals surface area (Å²) in [5, 5.41) is 11.6. The largest absolute Gasteiger partial charge is 0.384 e. The molecule has 0 spiro atoms. The molecule has 0 bridgehead atoms. The van der Waals surface area contributed by atoms with Crippen LogP contribution in [-0.4, -0.2) is 39.9 Å². The van der Waals surface area contributed by atoms with Crippen LogP contribution < -0.4 is 5.32 Å². The first-order chi connectivity index (χ1) is 9.95. The van der Waals surface area contributed by atoms with E-state index in [1.807, 2.05) is 13.8 Å². The minimum atomic E-state index is -0.867. The molecule has 2 unspecified atom stereocenters. The van der Waals surface area contributed by atoms with Crippen molar-refractivity contribution < 1.29 is 14.1 Å². The van der Waals surface area contributed by atoms with Gasteiger partial charge in [-0.15, -0.1) is 0 Å². The molecule has 2 atom stereocenters. The number of benzene rings is 1. The van der Waals surface area contributed by atoms with Crippen molar-refractivity contribution in [2.24, 2.45) is 0 Å². The Labute approximate surface area is 128 Å². The fourth-order valence-corrected chi connectivity index (χ4v) is 2.19. The van der Waals surface area contributed by atoms with Crippen molar-refractivity contribution in [2.75, 3.05) is 19.4 Å². The highest BCUT2D eigenvalue weighted by Gasteiger charge is 2.09. The summed E-state index contributed by atoms with van der Waals surface area (Å²) in [7, 11) is -0.867. The van der Waals surface area contributed by atoms with E-state index in [1.165, 1.54) is 0 Å². The van der Waals surface area contributed by atoms with Crippen LogP contribution >= 0.6 is 0 Å². The molecule has 114 valence electrons. The van der Waals surface area contributed by atoms with Gasteiger partial charge in [0, 0.05) is 40.0 Å². The van der Waals surface area contributed by atoms with E-state index in [0.29, 0.717) is 18.5 Å². The molecule has 1 amide bonds. The second kappa shape index (κ2) is 8.60. The molecule has 0 aliphatic heterocycles. The summed E-state index contributed by atoms with van der Waals surface area (Å²) in [6.45, 7) is 4.10. The molecule has 0 heterocycles. The van der Waals surface area contributed by atoms with Gasteiger partial charge in [-0.25, -0.2) is 0 Å². The summed E-state index contributed by atoms with van der Waals surface area (Å²) >= 11 is 0. The summed E-state index contributed by atoms with van der Waals surface area (Å²) in [5.74, 6) is 5.28. The second-order valence-electron chi connectivity index (χ2n) is 4.84. The van der Waals surface area contributed by atoms with Crippen molar-refractivity contribution in [3.63, 3.8) is 0 Å². The summed E-state index contributed by atoms with van der Waals surface area (Å²) in [6, 6.07) is 5.26. The Balaban J connectivity index is 2.63. The highest BCUT2D eigenvalue weighted by atomic mass is 32.2. The van der Waals surface area contributed by atoms with Gasteiger partial charge in [-0.3, -0.25) is 9.00 Å². The van der Waals surface area contributed by atoms with Crippen LogP contribution in [0.5, 0.6) is 0 Å². The van der Waals surface area contributed by atoms with Crippen molar-refractivity contribution in [3.8, 4) is 11.8 Å². The average Bonchev–Trinajstić information content (AvgIpc) is 2.45. The van der Waals surface area contributed by atoms with Crippen molar-refractivity contribution in [3.05, 3.63) is 34.9 Å². The van der Waals surface area contributed by atoms with Gasteiger partial charge >= 0.3 is 0 Å². The van der Waals surface area contributed by atoms with E-state index in [0.717, 1.165) is 11.1 Å². The molecule has 0 aliphatic carbocycles. The lowest BCUT2D eigenvalue weighted by atomic mass is 10.0. The number of rotatable bonds is 5. The van der Waals surface area contributed by atoms with E-state index in [-0.39, 0.29) is 17.8 Å². The molecule has 0 aromatic heterocycles. The molecule has 0 saturated heterocycles. The second-order valence-corrected chi connectivity index (χ2v) is 6.65. The molecule has 21 heavy (non-hydrogen) atoms. The van der Waals surface area contributed by atoms with Crippen LogP contribution in [0.3, 0.4) is 0 Å². The van der Waals surface area contributed by atoms with Gasteiger partial charge in [0.2, 0.25) is 0 Å². The minimum Gasteiger partial charge on any atom is -0.384 e. The SMILES string of the molecule is Cc1cc(C(=O)NCCC(C)S(C)=O)ccc1C#CCO. The van der Waals surface area contributed by atoms with E-state index in [2.05, 4.69) is 17.2 Å². The van der Waals surface area contributed by atoms with E-state index in [9.17, 15) is 9.00 Å².